The third-order valence-corrected chi connectivity index (χ3v) is 3.10. The Bertz CT molecular complexity index is 684. The summed E-state index contributed by atoms with van der Waals surface area (Å²) in [5.41, 5.74) is 3.32. The highest BCUT2D eigenvalue weighted by molar-refractivity contribution is 6.12. The summed E-state index contributed by atoms with van der Waals surface area (Å²) in [5, 5.41) is 0. The van der Waals surface area contributed by atoms with E-state index >= 15 is 0 Å². The van der Waals surface area contributed by atoms with Gasteiger partial charge in [0.25, 0.3) is 0 Å². The van der Waals surface area contributed by atoms with E-state index in [1.807, 2.05) is 72.9 Å². The molecule has 0 amide bonds. The summed E-state index contributed by atoms with van der Waals surface area (Å²) in [6.07, 6.45) is 1.86. The van der Waals surface area contributed by atoms with Crippen LogP contribution in [0.15, 0.2) is 72.9 Å². The van der Waals surface area contributed by atoms with E-state index in [0.717, 1.165) is 16.8 Å². The predicted molar refractivity (Wildman–Crippen MR) is 76.1 cm³/mol. The Morgan fingerprint density at radius 2 is 1.53 bits per heavy atom. The molecule has 1 heterocycles. The number of benzene rings is 2. The zero-order valence-corrected chi connectivity index (χ0v) is 10.3. The maximum absolute atomic E-state index is 12.5. The molecule has 19 heavy (non-hydrogen) atoms. The molecule has 92 valence electrons. The molecule has 1 aromatic heterocycles. The number of hydrogen-bond donors (Lipinski definition) is 1. The van der Waals surface area contributed by atoms with Crippen molar-refractivity contribution >= 4 is 5.78 Å². The number of hydrogen-bond acceptors (Lipinski definition) is 1. The minimum atomic E-state index is 0.0470. The second-order valence-corrected chi connectivity index (χ2v) is 4.32. The maximum Gasteiger partial charge on any atom is 0.193 e. The van der Waals surface area contributed by atoms with E-state index in [0.29, 0.717) is 5.56 Å². The summed E-state index contributed by atoms with van der Waals surface area (Å²) in [4.78, 5) is 15.7. The lowest BCUT2D eigenvalue weighted by Crippen LogP contribution is -2.03. The highest BCUT2D eigenvalue weighted by Gasteiger charge is 2.14. The second-order valence-electron chi connectivity index (χ2n) is 4.32. The number of H-pyrrole nitrogens is 1. The molecule has 1 N–H and O–H groups in total. The van der Waals surface area contributed by atoms with Gasteiger partial charge in [0.2, 0.25) is 0 Å². The molecule has 0 aliphatic heterocycles. The smallest absolute Gasteiger partial charge is 0.193 e. The lowest BCUT2D eigenvalue weighted by Gasteiger charge is -2.07. The number of aromatic nitrogens is 1. The van der Waals surface area contributed by atoms with Crippen molar-refractivity contribution in [2.75, 3.05) is 0 Å². The lowest BCUT2D eigenvalue weighted by molar-refractivity contribution is 0.103. The highest BCUT2D eigenvalue weighted by Crippen LogP contribution is 2.24. The molecule has 0 bridgehead atoms. The van der Waals surface area contributed by atoms with Gasteiger partial charge in [0, 0.05) is 28.6 Å². The number of carbonyl (C=O) groups excluding carboxylic acids is 1. The Kier molecular flexibility index (Phi) is 2.99. The molecular weight excluding hydrogens is 234 g/mol. The summed E-state index contributed by atoms with van der Waals surface area (Å²) >= 11 is 0. The number of carbonyl (C=O) groups is 1. The van der Waals surface area contributed by atoms with Crippen molar-refractivity contribution in [2.45, 2.75) is 0 Å². The molecule has 2 nitrogen and oxygen atoms in total. The quantitative estimate of drug-likeness (QED) is 0.699. The van der Waals surface area contributed by atoms with Crippen LogP contribution in [0, 0.1) is 0 Å². The van der Waals surface area contributed by atoms with Crippen molar-refractivity contribution in [3.8, 4) is 11.3 Å². The van der Waals surface area contributed by atoms with Gasteiger partial charge in [-0.3, -0.25) is 4.79 Å². The first-order valence-electron chi connectivity index (χ1n) is 6.19. The van der Waals surface area contributed by atoms with Crippen LogP contribution < -0.4 is 0 Å². The Balaban J connectivity index is 2.09. The molecule has 0 saturated heterocycles. The summed E-state index contributed by atoms with van der Waals surface area (Å²) in [5.74, 6) is 0.0470. The minimum Gasteiger partial charge on any atom is -0.361 e. The topological polar surface area (TPSA) is 32.9 Å². The van der Waals surface area contributed by atoms with Crippen molar-refractivity contribution in [3.63, 3.8) is 0 Å². The van der Waals surface area contributed by atoms with Gasteiger partial charge in [0.15, 0.2) is 5.78 Å². The fraction of sp³-hybridized carbons (Fsp3) is 0. The first-order chi connectivity index (χ1) is 9.36. The van der Waals surface area contributed by atoms with E-state index < -0.39 is 0 Å². The van der Waals surface area contributed by atoms with E-state index in [4.69, 9.17) is 0 Å². The van der Waals surface area contributed by atoms with Gasteiger partial charge in [0.1, 0.15) is 0 Å². The molecule has 0 aliphatic rings. The molecule has 0 unspecified atom stereocenters. The van der Waals surface area contributed by atoms with Crippen LogP contribution in [0.25, 0.3) is 11.3 Å². The fourth-order valence-electron chi connectivity index (χ4n) is 2.16. The Morgan fingerprint density at radius 3 is 2.26 bits per heavy atom. The van der Waals surface area contributed by atoms with Crippen LogP contribution in [0.2, 0.25) is 0 Å². The molecular formula is C17H13NO. The average molecular weight is 247 g/mol. The Hall–Kier alpha value is -2.61. The van der Waals surface area contributed by atoms with Gasteiger partial charge in [0.05, 0.1) is 0 Å². The number of aromatic amines is 1. The van der Waals surface area contributed by atoms with Crippen LogP contribution in [0.5, 0.6) is 0 Å². The maximum atomic E-state index is 12.5. The second kappa shape index (κ2) is 4.94. The standard InChI is InChI=1S/C17H13NO/c19-17(13-7-2-1-3-8-13)15-10-5-4-9-14(15)16-11-6-12-18-16/h1-12,18H. The number of rotatable bonds is 3. The van der Waals surface area contributed by atoms with Crippen molar-refractivity contribution < 1.29 is 4.79 Å². The number of ketones is 1. The zero-order valence-electron chi connectivity index (χ0n) is 10.3. The van der Waals surface area contributed by atoms with Gasteiger partial charge in [-0.2, -0.15) is 0 Å². The molecule has 0 spiro atoms. The van der Waals surface area contributed by atoms with Crippen molar-refractivity contribution in [2.24, 2.45) is 0 Å². The molecule has 2 aromatic carbocycles. The molecule has 0 radical (unpaired) electrons. The largest absolute Gasteiger partial charge is 0.361 e. The van der Waals surface area contributed by atoms with Crippen LogP contribution in [-0.2, 0) is 0 Å². The van der Waals surface area contributed by atoms with Gasteiger partial charge in [-0.05, 0) is 12.1 Å². The summed E-state index contributed by atoms with van der Waals surface area (Å²) in [6.45, 7) is 0. The van der Waals surface area contributed by atoms with E-state index in [-0.39, 0.29) is 5.78 Å². The van der Waals surface area contributed by atoms with E-state index in [1.165, 1.54) is 0 Å². The van der Waals surface area contributed by atoms with E-state index in [1.54, 1.807) is 0 Å². The molecule has 3 aromatic rings. The lowest BCUT2D eigenvalue weighted by atomic mass is 9.97. The van der Waals surface area contributed by atoms with Crippen LogP contribution in [0.3, 0.4) is 0 Å². The number of nitrogens with one attached hydrogen (secondary N) is 1. The SMILES string of the molecule is O=C(c1ccccc1)c1ccccc1-c1ccc[nH]1. The van der Waals surface area contributed by atoms with Gasteiger partial charge in [-0.25, -0.2) is 0 Å². The third kappa shape index (κ3) is 2.20. The first kappa shape index (κ1) is 11.5. The fourth-order valence-corrected chi connectivity index (χ4v) is 2.16. The van der Waals surface area contributed by atoms with Crippen LogP contribution in [0.1, 0.15) is 15.9 Å². The monoisotopic (exact) mass is 247 g/mol. The first-order valence-corrected chi connectivity index (χ1v) is 6.19. The Labute approximate surface area is 111 Å². The van der Waals surface area contributed by atoms with Crippen molar-refractivity contribution in [3.05, 3.63) is 84.1 Å². The van der Waals surface area contributed by atoms with Gasteiger partial charge in [-0.1, -0.05) is 54.6 Å². The van der Waals surface area contributed by atoms with Crippen molar-refractivity contribution in [1.82, 2.24) is 4.98 Å². The van der Waals surface area contributed by atoms with Crippen LogP contribution in [-0.4, -0.2) is 10.8 Å². The normalized spacial score (nSPS) is 10.3. The van der Waals surface area contributed by atoms with Gasteiger partial charge < -0.3 is 4.98 Å². The molecule has 0 atom stereocenters. The molecule has 0 fully saturated rings. The van der Waals surface area contributed by atoms with Gasteiger partial charge >= 0.3 is 0 Å². The molecule has 3 rings (SSSR count). The van der Waals surface area contributed by atoms with E-state index in [2.05, 4.69) is 4.98 Å². The predicted octanol–water partition coefficient (Wildman–Crippen LogP) is 3.91. The summed E-state index contributed by atoms with van der Waals surface area (Å²) < 4.78 is 0. The highest BCUT2D eigenvalue weighted by atomic mass is 16.1. The zero-order chi connectivity index (χ0) is 13.1. The Morgan fingerprint density at radius 1 is 0.789 bits per heavy atom. The summed E-state index contributed by atoms with van der Waals surface area (Å²) in [7, 11) is 0. The summed E-state index contributed by atoms with van der Waals surface area (Å²) in [6, 6.07) is 20.9. The van der Waals surface area contributed by atoms with Crippen LogP contribution in [0.4, 0.5) is 0 Å². The molecule has 0 saturated carbocycles. The van der Waals surface area contributed by atoms with E-state index in [9.17, 15) is 4.79 Å². The minimum absolute atomic E-state index is 0.0470. The van der Waals surface area contributed by atoms with Gasteiger partial charge in [-0.15, -0.1) is 0 Å². The average Bonchev–Trinajstić information content (AvgIpc) is 3.01. The third-order valence-electron chi connectivity index (χ3n) is 3.10. The van der Waals surface area contributed by atoms with Crippen LogP contribution >= 0.6 is 0 Å². The van der Waals surface area contributed by atoms with Crippen molar-refractivity contribution in [1.29, 1.82) is 0 Å². The molecule has 2 heteroatoms. The molecule has 0 aliphatic carbocycles.